The van der Waals surface area contributed by atoms with E-state index in [0.29, 0.717) is 6.04 Å². The Labute approximate surface area is 73.6 Å². The highest BCUT2D eigenvalue weighted by atomic mass is 15.0. The average Bonchev–Trinajstić information content (AvgIpc) is 2.57. The van der Waals surface area contributed by atoms with Gasteiger partial charge in [0.1, 0.15) is 0 Å². The molecule has 68 valence electrons. The summed E-state index contributed by atoms with van der Waals surface area (Å²) >= 11 is 0. The minimum absolute atomic E-state index is 0.369. The first-order valence-electron chi connectivity index (χ1n) is 4.54. The summed E-state index contributed by atoms with van der Waals surface area (Å²) in [7, 11) is 0. The molecule has 0 saturated carbocycles. The lowest BCUT2D eigenvalue weighted by Crippen LogP contribution is -2.18. The molecule has 0 aliphatic carbocycles. The molecule has 1 aromatic rings. The number of imidazole rings is 1. The summed E-state index contributed by atoms with van der Waals surface area (Å²) in [5.74, 6) is 0. The second kappa shape index (κ2) is 4.93. The van der Waals surface area contributed by atoms with Gasteiger partial charge in [-0.15, -0.1) is 0 Å². The van der Waals surface area contributed by atoms with Crippen LogP contribution in [0.4, 0.5) is 0 Å². The highest BCUT2D eigenvalue weighted by Crippen LogP contribution is 2.00. The predicted molar refractivity (Wildman–Crippen MR) is 49.7 cm³/mol. The van der Waals surface area contributed by atoms with Crippen LogP contribution in [0, 0.1) is 0 Å². The lowest BCUT2D eigenvalue weighted by Gasteiger charge is -2.07. The molecule has 0 bridgehead atoms. The van der Waals surface area contributed by atoms with Gasteiger partial charge >= 0.3 is 0 Å². The van der Waals surface area contributed by atoms with Gasteiger partial charge in [-0.1, -0.05) is 6.92 Å². The molecular formula is C9H17N3. The summed E-state index contributed by atoms with van der Waals surface area (Å²) in [6.45, 7) is 3.16. The zero-order valence-corrected chi connectivity index (χ0v) is 7.61. The summed E-state index contributed by atoms with van der Waals surface area (Å²) in [6.07, 6.45) is 8.96. The van der Waals surface area contributed by atoms with Crippen LogP contribution in [-0.4, -0.2) is 15.6 Å². The Morgan fingerprint density at radius 1 is 1.58 bits per heavy atom. The van der Waals surface area contributed by atoms with E-state index < -0.39 is 0 Å². The van der Waals surface area contributed by atoms with Crippen LogP contribution in [0.25, 0.3) is 0 Å². The van der Waals surface area contributed by atoms with Gasteiger partial charge in [0.15, 0.2) is 0 Å². The highest BCUT2D eigenvalue weighted by molar-refractivity contribution is 4.74. The molecule has 1 aromatic heterocycles. The Balaban J connectivity index is 2.11. The minimum Gasteiger partial charge on any atom is -0.337 e. The van der Waals surface area contributed by atoms with Gasteiger partial charge in [0.05, 0.1) is 6.33 Å². The number of aryl methyl sites for hydroxylation is 1. The summed E-state index contributed by atoms with van der Waals surface area (Å²) in [6, 6.07) is 0.369. The molecule has 1 unspecified atom stereocenters. The standard InChI is InChI=1S/C9H17N3/c1-2-9(10)4-3-6-12-7-5-11-8-12/h5,7-9H,2-4,6,10H2,1H3. The molecule has 1 atom stereocenters. The van der Waals surface area contributed by atoms with E-state index in [0.717, 1.165) is 25.8 Å². The van der Waals surface area contributed by atoms with Crippen molar-refractivity contribution in [2.24, 2.45) is 5.73 Å². The molecular weight excluding hydrogens is 150 g/mol. The highest BCUT2D eigenvalue weighted by Gasteiger charge is 1.98. The van der Waals surface area contributed by atoms with Crippen LogP contribution in [0.2, 0.25) is 0 Å². The van der Waals surface area contributed by atoms with Crippen molar-refractivity contribution in [2.75, 3.05) is 0 Å². The average molecular weight is 167 g/mol. The van der Waals surface area contributed by atoms with Crippen molar-refractivity contribution in [1.82, 2.24) is 9.55 Å². The monoisotopic (exact) mass is 167 g/mol. The largest absolute Gasteiger partial charge is 0.337 e. The fourth-order valence-corrected chi connectivity index (χ4v) is 1.16. The van der Waals surface area contributed by atoms with Crippen molar-refractivity contribution in [3.63, 3.8) is 0 Å². The Morgan fingerprint density at radius 3 is 3.00 bits per heavy atom. The third kappa shape index (κ3) is 3.05. The van der Waals surface area contributed by atoms with E-state index in [1.165, 1.54) is 0 Å². The molecule has 3 heteroatoms. The number of hydrogen-bond donors (Lipinski definition) is 1. The fourth-order valence-electron chi connectivity index (χ4n) is 1.16. The van der Waals surface area contributed by atoms with Crippen LogP contribution in [0.1, 0.15) is 26.2 Å². The maximum Gasteiger partial charge on any atom is 0.0945 e. The topological polar surface area (TPSA) is 43.8 Å². The molecule has 0 radical (unpaired) electrons. The Morgan fingerprint density at radius 2 is 2.42 bits per heavy atom. The molecule has 0 amide bonds. The van der Waals surface area contributed by atoms with Crippen molar-refractivity contribution < 1.29 is 0 Å². The predicted octanol–water partition coefficient (Wildman–Crippen LogP) is 1.40. The first kappa shape index (κ1) is 9.26. The van der Waals surface area contributed by atoms with Crippen LogP contribution in [0.3, 0.4) is 0 Å². The second-order valence-corrected chi connectivity index (χ2v) is 3.11. The van der Waals surface area contributed by atoms with Crippen molar-refractivity contribution in [3.8, 4) is 0 Å². The first-order valence-corrected chi connectivity index (χ1v) is 4.54. The second-order valence-electron chi connectivity index (χ2n) is 3.11. The number of aromatic nitrogens is 2. The lowest BCUT2D eigenvalue weighted by atomic mass is 10.1. The lowest BCUT2D eigenvalue weighted by molar-refractivity contribution is 0.525. The Bertz CT molecular complexity index is 194. The van der Waals surface area contributed by atoms with E-state index in [1.54, 1.807) is 6.20 Å². The smallest absolute Gasteiger partial charge is 0.0945 e. The van der Waals surface area contributed by atoms with Crippen LogP contribution < -0.4 is 5.73 Å². The van der Waals surface area contributed by atoms with Crippen LogP contribution >= 0.6 is 0 Å². The fraction of sp³-hybridized carbons (Fsp3) is 0.667. The number of rotatable bonds is 5. The number of nitrogens with zero attached hydrogens (tertiary/aromatic N) is 2. The van der Waals surface area contributed by atoms with Gasteiger partial charge in [-0.2, -0.15) is 0 Å². The quantitative estimate of drug-likeness (QED) is 0.720. The molecule has 1 heterocycles. The van der Waals surface area contributed by atoms with Gasteiger partial charge in [0.25, 0.3) is 0 Å². The molecule has 0 aliphatic heterocycles. The molecule has 0 aromatic carbocycles. The summed E-state index contributed by atoms with van der Waals surface area (Å²) in [5.41, 5.74) is 5.79. The third-order valence-corrected chi connectivity index (χ3v) is 2.07. The molecule has 2 N–H and O–H groups in total. The zero-order chi connectivity index (χ0) is 8.81. The van der Waals surface area contributed by atoms with E-state index in [-0.39, 0.29) is 0 Å². The molecule has 0 spiro atoms. The van der Waals surface area contributed by atoms with Gasteiger partial charge in [0, 0.05) is 25.0 Å². The maximum absolute atomic E-state index is 5.79. The van der Waals surface area contributed by atoms with Gasteiger partial charge < -0.3 is 10.3 Å². The zero-order valence-electron chi connectivity index (χ0n) is 7.61. The van der Waals surface area contributed by atoms with Gasteiger partial charge in [0.2, 0.25) is 0 Å². The Hall–Kier alpha value is -0.830. The van der Waals surface area contributed by atoms with Gasteiger partial charge in [-0.25, -0.2) is 4.98 Å². The molecule has 0 aliphatic rings. The summed E-state index contributed by atoms with van der Waals surface area (Å²) < 4.78 is 2.09. The summed E-state index contributed by atoms with van der Waals surface area (Å²) in [5, 5.41) is 0. The van der Waals surface area contributed by atoms with Crippen LogP contribution in [0.5, 0.6) is 0 Å². The molecule has 1 rings (SSSR count). The molecule has 12 heavy (non-hydrogen) atoms. The van der Waals surface area contributed by atoms with Crippen molar-refractivity contribution in [2.45, 2.75) is 38.8 Å². The Kier molecular flexibility index (Phi) is 3.80. The van der Waals surface area contributed by atoms with E-state index in [9.17, 15) is 0 Å². The van der Waals surface area contributed by atoms with Crippen LogP contribution in [-0.2, 0) is 6.54 Å². The SMILES string of the molecule is CCC(N)CCCn1ccnc1. The van der Waals surface area contributed by atoms with Crippen LogP contribution in [0.15, 0.2) is 18.7 Å². The van der Waals surface area contributed by atoms with E-state index in [1.807, 2.05) is 12.5 Å². The normalized spacial score (nSPS) is 13.2. The third-order valence-electron chi connectivity index (χ3n) is 2.07. The van der Waals surface area contributed by atoms with Crippen molar-refractivity contribution in [1.29, 1.82) is 0 Å². The molecule has 0 saturated heterocycles. The van der Waals surface area contributed by atoms with E-state index in [2.05, 4.69) is 16.5 Å². The number of nitrogens with two attached hydrogens (primary N) is 1. The number of hydrogen-bond acceptors (Lipinski definition) is 2. The van der Waals surface area contributed by atoms with Crippen molar-refractivity contribution >= 4 is 0 Å². The minimum atomic E-state index is 0.369. The molecule has 0 fully saturated rings. The van der Waals surface area contributed by atoms with Crippen molar-refractivity contribution in [3.05, 3.63) is 18.7 Å². The van der Waals surface area contributed by atoms with E-state index >= 15 is 0 Å². The van der Waals surface area contributed by atoms with Gasteiger partial charge in [-0.3, -0.25) is 0 Å². The summed E-state index contributed by atoms with van der Waals surface area (Å²) in [4.78, 5) is 3.97. The molecule has 3 nitrogen and oxygen atoms in total. The first-order chi connectivity index (χ1) is 5.83. The van der Waals surface area contributed by atoms with Gasteiger partial charge in [-0.05, 0) is 19.3 Å². The van der Waals surface area contributed by atoms with E-state index in [4.69, 9.17) is 5.73 Å². The maximum atomic E-state index is 5.79.